The van der Waals surface area contributed by atoms with Gasteiger partial charge in [-0.3, -0.25) is 0 Å². The molecule has 0 bridgehead atoms. The van der Waals surface area contributed by atoms with E-state index in [2.05, 4.69) is 6.58 Å². The maximum atomic E-state index is 15.0. The Labute approximate surface area is 203 Å². The van der Waals surface area contributed by atoms with E-state index in [4.69, 9.17) is 9.47 Å². The van der Waals surface area contributed by atoms with Crippen LogP contribution in [-0.4, -0.2) is 12.7 Å². The SMILES string of the molecule is C=CCOc1ccc(COC2CCC(c3ccc(-c4ccc(C)cc4)c(F)c3F)CC2)c(F)c1F. The Bertz CT molecular complexity index is 1180. The van der Waals surface area contributed by atoms with E-state index in [0.717, 1.165) is 5.56 Å². The van der Waals surface area contributed by atoms with Crippen LogP contribution in [0.4, 0.5) is 17.6 Å². The van der Waals surface area contributed by atoms with Gasteiger partial charge in [-0.2, -0.15) is 4.39 Å². The molecule has 4 rings (SSSR count). The third kappa shape index (κ3) is 5.59. The molecule has 1 fully saturated rings. The van der Waals surface area contributed by atoms with Crippen LogP contribution >= 0.6 is 0 Å². The minimum absolute atomic E-state index is 0.0753. The minimum Gasteiger partial charge on any atom is -0.486 e. The monoisotopic (exact) mass is 484 g/mol. The molecular weight excluding hydrogens is 456 g/mol. The van der Waals surface area contributed by atoms with Crippen LogP contribution in [0, 0.1) is 30.2 Å². The molecule has 35 heavy (non-hydrogen) atoms. The molecule has 6 heteroatoms. The fraction of sp³-hybridized carbons (Fsp3) is 0.310. The zero-order chi connectivity index (χ0) is 24.9. The van der Waals surface area contributed by atoms with Crippen molar-refractivity contribution < 1.29 is 27.0 Å². The van der Waals surface area contributed by atoms with Gasteiger partial charge in [0, 0.05) is 11.1 Å². The van der Waals surface area contributed by atoms with Gasteiger partial charge >= 0.3 is 0 Å². The first-order valence-corrected chi connectivity index (χ1v) is 11.8. The molecule has 0 aliphatic heterocycles. The summed E-state index contributed by atoms with van der Waals surface area (Å²) in [6, 6.07) is 13.4. The van der Waals surface area contributed by atoms with Crippen LogP contribution in [-0.2, 0) is 11.3 Å². The van der Waals surface area contributed by atoms with Crippen LogP contribution in [0.5, 0.6) is 5.75 Å². The van der Waals surface area contributed by atoms with Crippen LogP contribution in [0.15, 0.2) is 61.2 Å². The lowest BCUT2D eigenvalue weighted by Crippen LogP contribution is -2.21. The summed E-state index contributed by atoms with van der Waals surface area (Å²) < 4.78 is 69.3. The fourth-order valence-corrected chi connectivity index (χ4v) is 4.53. The van der Waals surface area contributed by atoms with Gasteiger partial charge < -0.3 is 9.47 Å². The molecule has 3 aromatic rings. The highest BCUT2D eigenvalue weighted by atomic mass is 19.2. The summed E-state index contributed by atoms with van der Waals surface area (Å²) in [5.41, 5.74) is 2.42. The Hall–Kier alpha value is -3.12. The Morgan fingerprint density at radius 1 is 0.829 bits per heavy atom. The number of hydrogen-bond donors (Lipinski definition) is 0. The van der Waals surface area contributed by atoms with Crippen molar-refractivity contribution >= 4 is 0 Å². The Morgan fingerprint density at radius 3 is 2.23 bits per heavy atom. The van der Waals surface area contributed by atoms with Gasteiger partial charge in [0.05, 0.1) is 12.7 Å². The zero-order valence-electron chi connectivity index (χ0n) is 19.6. The maximum absolute atomic E-state index is 15.0. The Kier molecular flexibility index (Phi) is 7.91. The summed E-state index contributed by atoms with van der Waals surface area (Å²) in [6.45, 7) is 5.42. The predicted octanol–water partition coefficient (Wildman–Crippen LogP) is 8.03. The molecule has 3 aromatic carbocycles. The van der Waals surface area contributed by atoms with Crippen molar-refractivity contribution in [3.8, 4) is 16.9 Å². The summed E-state index contributed by atoms with van der Waals surface area (Å²) >= 11 is 0. The fourth-order valence-electron chi connectivity index (χ4n) is 4.53. The summed E-state index contributed by atoms with van der Waals surface area (Å²) in [4.78, 5) is 0. The van der Waals surface area contributed by atoms with Gasteiger partial charge in [-0.15, -0.1) is 0 Å². The highest BCUT2D eigenvalue weighted by Gasteiger charge is 2.27. The summed E-state index contributed by atoms with van der Waals surface area (Å²) in [5, 5.41) is 0. The molecule has 1 aliphatic rings. The minimum atomic E-state index is -1.05. The van der Waals surface area contributed by atoms with Gasteiger partial charge in [-0.1, -0.05) is 54.6 Å². The molecule has 0 heterocycles. The van der Waals surface area contributed by atoms with E-state index >= 15 is 0 Å². The number of rotatable bonds is 8. The second-order valence-electron chi connectivity index (χ2n) is 8.93. The van der Waals surface area contributed by atoms with E-state index in [1.54, 1.807) is 24.3 Å². The smallest absolute Gasteiger partial charge is 0.200 e. The van der Waals surface area contributed by atoms with E-state index in [0.29, 0.717) is 36.8 Å². The van der Waals surface area contributed by atoms with Gasteiger partial charge in [0.15, 0.2) is 23.2 Å². The van der Waals surface area contributed by atoms with Crippen LogP contribution in [0.3, 0.4) is 0 Å². The topological polar surface area (TPSA) is 18.5 Å². The standard InChI is InChI=1S/C29H28F4O2/c1-3-16-34-25-15-10-21(26(30)29(25)33)17-35-22-11-8-20(9-12-22)24-14-13-23(27(31)28(24)32)19-6-4-18(2)5-7-19/h3-7,10,13-15,20,22H,1,8-9,11-12,16-17H2,2H3. The van der Waals surface area contributed by atoms with Crippen molar-refractivity contribution in [2.24, 2.45) is 0 Å². The van der Waals surface area contributed by atoms with Gasteiger partial charge in [-0.05, 0) is 61.8 Å². The first kappa shape index (κ1) is 25.0. The number of ether oxygens (including phenoxy) is 2. The highest BCUT2D eigenvalue weighted by molar-refractivity contribution is 5.65. The average molecular weight is 485 g/mol. The third-order valence-corrected chi connectivity index (χ3v) is 6.55. The molecular formula is C29H28F4O2. The van der Waals surface area contributed by atoms with Crippen molar-refractivity contribution in [1.82, 2.24) is 0 Å². The van der Waals surface area contributed by atoms with Crippen molar-refractivity contribution in [2.45, 2.75) is 51.2 Å². The number of benzene rings is 3. The molecule has 0 unspecified atom stereocenters. The van der Waals surface area contributed by atoms with Gasteiger partial charge in [0.1, 0.15) is 6.61 Å². The summed E-state index contributed by atoms with van der Waals surface area (Å²) in [5.74, 6) is -3.97. The van der Waals surface area contributed by atoms with Gasteiger partial charge in [0.2, 0.25) is 5.82 Å². The first-order valence-electron chi connectivity index (χ1n) is 11.8. The van der Waals surface area contributed by atoms with Crippen LogP contribution in [0.1, 0.15) is 48.3 Å². The molecule has 0 saturated heterocycles. The van der Waals surface area contributed by atoms with E-state index in [-0.39, 0.29) is 42.1 Å². The third-order valence-electron chi connectivity index (χ3n) is 6.55. The van der Waals surface area contributed by atoms with Crippen LogP contribution in [0.25, 0.3) is 11.1 Å². The molecule has 1 saturated carbocycles. The van der Waals surface area contributed by atoms with E-state index in [1.807, 2.05) is 19.1 Å². The van der Waals surface area contributed by atoms with Crippen molar-refractivity contribution in [2.75, 3.05) is 6.61 Å². The van der Waals surface area contributed by atoms with Crippen molar-refractivity contribution in [1.29, 1.82) is 0 Å². The van der Waals surface area contributed by atoms with Gasteiger partial charge in [0.25, 0.3) is 0 Å². The summed E-state index contributed by atoms with van der Waals surface area (Å²) in [6.07, 6.45) is 3.77. The Balaban J connectivity index is 1.36. The second kappa shape index (κ2) is 11.1. The average Bonchev–Trinajstić information content (AvgIpc) is 2.87. The molecule has 0 aromatic heterocycles. The largest absolute Gasteiger partial charge is 0.486 e. The van der Waals surface area contributed by atoms with E-state index in [1.165, 1.54) is 18.2 Å². The lowest BCUT2D eigenvalue weighted by Gasteiger charge is -2.29. The molecule has 0 N–H and O–H groups in total. The predicted molar refractivity (Wildman–Crippen MR) is 128 cm³/mol. The molecule has 184 valence electrons. The number of hydrogen-bond acceptors (Lipinski definition) is 2. The number of aryl methyl sites for hydroxylation is 1. The molecule has 2 nitrogen and oxygen atoms in total. The number of halogens is 4. The molecule has 0 amide bonds. The quantitative estimate of drug-likeness (QED) is 0.238. The first-order chi connectivity index (χ1) is 16.9. The van der Waals surface area contributed by atoms with E-state index in [9.17, 15) is 17.6 Å². The van der Waals surface area contributed by atoms with E-state index < -0.39 is 23.3 Å². The lowest BCUT2D eigenvalue weighted by molar-refractivity contribution is 0.0116. The summed E-state index contributed by atoms with van der Waals surface area (Å²) in [7, 11) is 0. The van der Waals surface area contributed by atoms with Crippen molar-refractivity contribution in [3.05, 3.63) is 101 Å². The van der Waals surface area contributed by atoms with Crippen molar-refractivity contribution in [3.63, 3.8) is 0 Å². The molecule has 0 radical (unpaired) electrons. The molecule has 0 atom stereocenters. The molecule has 1 aliphatic carbocycles. The normalized spacial score (nSPS) is 17.9. The highest BCUT2D eigenvalue weighted by Crippen LogP contribution is 2.38. The maximum Gasteiger partial charge on any atom is 0.200 e. The lowest BCUT2D eigenvalue weighted by atomic mass is 9.82. The molecule has 0 spiro atoms. The van der Waals surface area contributed by atoms with Gasteiger partial charge in [-0.25, -0.2) is 13.2 Å². The zero-order valence-corrected chi connectivity index (χ0v) is 19.6. The Morgan fingerprint density at radius 2 is 1.54 bits per heavy atom. The van der Waals surface area contributed by atoms with Crippen LogP contribution in [0.2, 0.25) is 0 Å². The van der Waals surface area contributed by atoms with Crippen LogP contribution < -0.4 is 4.74 Å². The second-order valence-corrected chi connectivity index (χ2v) is 8.93.